The number of nitrogens with one attached hydrogen (secondary N) is 1. The van der Waals surface area contributed by atoms with Gasteiger partial charge >= 0.3 is 0 Å². The summed E-state index contributed by atoms with van der Waals surface area (Å²) in [6.07, 6.45) is 1.93. The number of carbonyl (C=O) groups excluding carboxylic acids is 1. The van der Waals surface area contributed by atoms with Gasteiger partial charge in [0.1, 0.15) is 17.5 Å². The minimum Gasteiger partial charge on any atom is -0.497 e. The van der Waals surface area contributed by atoms with E-state index < -0.39 is 0 Å². The van der Waals surface area contributed by atoms with Gasteiger partial charge in [0, 0.05) is 23.5 Å². The van der Waals surface area contributed by atoms with Crippen molar-refractivity contribution in [3.8, 4) is 11.5 Å². The van der Waals surface area contributed by atoms with Crippen LogP contribution < -0.4 is 25.4 Å². The first kappa shape index (κ1) is 22.7. The molecular formula is C22H30ClN3O3. The molecular weight excluding hydrogens is 390 g/mol. The fourth-order valence-electron chi connectivity index (χ4n) is 3.81. The summed E-state index contributed by atoms with van der Waals surface area (Å²) in [5, 5.41) is 3.12. The number of halogens is 1. The summed E-state index contributed by atoms with van der Waals surface area (Å²) < 4.78 is 10.8. The molecule has 6 nitrogen and oxygen atoms in total. The molecule has 2 atom stereocenters. The maximum absolute atomic E-state index is 13.0. The van der Waals surface area contributed by atoms with Crippen molar-refractivity contribution >= 4 is 29.7 Å². The molecule has 0 fully saturated rings. The van der Waals surface area contributed by atoms with Crippen molar-refractivity contribution in [3.05, 3.63) is 47.5 Å². The van der Waals surface area contributed by atoms with E-state index in [2.05, 4.69) is 10.2 Å². The van der Waals surface area contributed by atoms with Crippen molar-refractivity contribution in [3.63, 3.8) is 0 Å². The highest BCUT2D eigenvalue weighted by Crippen LogP contribution is 2.33. The quantitative estimate of drug-likeness (QED) is 0.697. The number of amides is 1. The van der Waals surface area contributed by atoms with Crippen molar-refractivity contribution in [1.29, 1.82) is 0 Å². The smallest absolute Gasteiger partial charge is 0.242 e. The number of rotatable bonds is 6. The third kappa shape index (κ3) is 4.70. The van der Waals surface area contributed by atoms with Gasteiger partial charge in [0.05, 0.1) is 20.3 Å². The number of carbonyl (C=O) groups is 1. The molecule has 2 aromatic rings. The Kier molecular flexibility index (Phi) is 7.62. The number of nitrogens with zero attached hydrogens (tertiary/aromatic N) is 1. The summed E-state index contributed by atoms with van der Waals surface area (Å²) in [4.78, 5) is 15.2. The summed E-state index contributed by atoms with van der Waals surface area (Å²) in [5.41, 5.74) is 10.0. The van der Waals surface area contributed by atoms with Crippen LogP contribution in [-0.2, 0) is 11.2 Å². The molecule has 0 spiro atoms. The van der Waals surface area contributed by atoms with Crippen LogP contribution in [0.5, 0.6) is 11.5 Å². The van der Waals surface area contributed by atoms with E-state index in [9.17, 15) is 4.79 Å². The summed E-state index contributed by atoms with van der Waals surface area (Å²) in [6, 6.07) is 11.0. The Bertz CT molecular complexity index is 859. The molecule has 29 heavy (non-hydrogen) atoms. The summed E-state index contributed by atoms with van der Waals surface area (Å²) in [6.45, 7) is 4.72. The number of hydrogen-bond donors (Lipinski definition) is 2. The minimum absolute atomic E-state index is 0. The normalized spacial score (nSPS) is 14.8. The van der Waals surface area contributed by atoms with E-state index in [1.165, 1.54) is 0 Å². The van der Waals surface area contributed by atoms with Crippen LogP contribution >= 0.6 is 12.4 Å². The molecule has 2 aromatic carbocycles. The maximum Gasteiger partial charge on any atom is 0.242 e. The Morgan fingerprint density at radius 2 is 1.93 bits per heavy atom. The number of nitrogen functional groups attached to an aromatic ring is 1. The van der Waals surface area contributed by atoms with Crippen LogP contribution in [0.3, 0.4) is 0 Å². The number of benzene rings is 2. The van der Waals surface area contributed by atoms with Crippen LogP contribution in [0.15, 0.2) is 36.4 Å². The first-order valence-corrected chi connectivity index (χ1v) is 9.62. The fourth-order valence-corrected chi connectivity index (χ4v) is 3.81. The van der Waals surface area contributed by atoms with Gasteiger partial charge in [-0.15, -0.1) is 12.4 Å². The number of methoxy groups -OCH3 is 2. The van der Waals surface area contributed by atoms with Gasteiger partial charge in [-0.2, -0.15) is 0 Å². The second-order valence-electron chi connectivity index (χ2n) is 7.16. The Morgan fingerprint density at radius 3 is 2.62 bits per heavy atom. The highest BCUT2D eigenvalue weighted by Gasteiger charge is 2.28. The highest BCUT2D eigenvalue weighted by atomic mass is 35.5. The van der Waals surface area contributed by atoms with Crippen molar-refractivity contribution in [1.82, 2.24) is 5.32 Å². The Hall–Kier alpha value is -2.60. The lowest BCUT2D eigenvalue weighted by molar-refractivity contribution is -0.122. The molecule has 1 aliphatic rings. The van der Waals surface area contributed by atoms with E-state index in [1.807, 2.05) is 50.2 Å². The fraction of sp³-hybridized carbons (Fsp3) is 0.409. The van der Waals surface area contributed by atoms with E-state index in [0.29, 0.717) is 0 Å². The van der Waals surface area contributed by atoms with Crippen LogP contribution in [0.25, 0.3) is 0 Å². The highest BCUT2D eigenvalue weighted by molar-refractivity contribution is 5.86. The number of anilines is 2. The maximum atomic E-state index is 13.0. The molecule has 3 N–H and O–H groups in total. The second-order valence-corrected chi connectivity index (χ2v) is 7.16. The van der Waals surface area contributed by atoms with E-state index in [-0.39, 0.29) is 30.4 Å². The van der Waals surface area contributed by atoms with E-state index in [0.717, 1.165) is 53.4 Å². The van der Waals surface area contributed by atoms with Gasteiger partial charge in [0.2, 0.25) is 5.91 Å². The van der Waals surface area contributed by atoms with Gasteiger partial charge in [0.15, 0.2) is 0 Å². The average Bonchev–Trinajstić information content (AvgIpc) is 2.72. The molecule has 0 saturated heterocycles. The summed E-state index contributed by atoms with van der Waals surface area (Å²) in [7, 11) is 3.24. The summed E-state index contributed by atoms with van der Waals surface area (Å²) >= 11 is 0. The van der Waals surface area contributed by atoms with Crippen molar-refractivity contribution < 1.29 is 14.3 Å². The van der Waals surface area contributed by atoms with E-state index in [4.69, 9.17) is 15.2 Å². The lowest BCUT2D eigenvalue weighted by Crippen LogP contribution is -2.47. The molecule has 3 rings (SSSR count). The molecule has 0 radical (unpaired) electrons. The Morgan fingerprint density at radius 1 is 1.17 bits per heavy atom. The molecule has 1 aliphatic heterocycles. The monoisotopic (exact) mass is 419 g/mol. The SMILES string of the molecule is COc1ccc(OC)c(C(C)NC(=O)C(C)N2CCCc3c(N)cccc32)c1.Cl. The molecule has 1 amide bonds. The van der Waals surface area contributed by atoms with Crippen molar-refractivity contribution in [2.24, 2.45) is 0 Å². The largest absolute Gasteiger partial charge is 0.497 e. The molecule has 0 aliphatic carbocycles. The van der Waals surface area contributed by atoms with E-state index >= 15 is 0 Å². The molecule has 0 saturated carbocycles. The van der Waals surface area contributed by atoms with Gasteiger partial charge in [-0.05, 0) is 62.6 Å². The average molecular weight is 420 g/mol. The number of fused-ring (bicyclic) bond motifs is 1. The molecule has 7 heteroatoms. The molecule has 158 valence electrons. The van der Waals surface area contributed by atoms with Crippen LogP contribution in [0.4, 0.5) is 11.4 Å². The number of nitrogens with two attached hydrogens (primary N) is 1. The predicted molar refractivity (Wildman–Crippen MR) is 119 cm³/mol. The first-order valence-electron chi connectivity index (χ1n) is 9.62. The second kappa shape index (κ2) is 9.74. The van der Waals surface area contributed by atoms with Gasteiger partial charge in [-0.1, -0.05) is 6.07 Å². The number of hydrogen-bond acceptors (Lipinski definition) is 5. The zero-order chi connectivity index (χ0) is 20.3. The predicted octanol–water partition coefficient (Wildman–Crippen LogP) is 3.73. The molecule has 2 unspecified atom stereocenters. The standard InChI is InChI=1S/C22H29N3O3.ClH/c1-14(18-13-16(27-3)10-11-21(18)28-4)24-22(26)15(2)25-12-6-7-17-19(23)8-5-9-20(17)25;/h5,8-11,13-15H,6-7,12,23H2,1-4H3,(H,24,26);1H. The lowest BCUT2D eigenvalue weighted by atomic mass is 9.98. The third-order valence-corrected chi connectivity index (χ3v) is 5.43. The van der Waals surface area contributed by atoms with Crippen LogP contribution in [0.2, 0.25) is 0 Å². The Labute approximate surface area is 178 Å². The minimum atomic E-state index is -0.306. The van der Waals surface area contributed by atoms with Crippen LogP contribution in [0, 0.1) is 0 Å². The molecule has 0 bridgehead atoms. The summed E-state index contributed by atoms with van der Waals surface area (Å²) in [5.74, 6) is 1.41. The van der Waals surface area contributed by atoms with Crippen molar-refractivity contribution in [2.75, 3.05) is 31.4 Å². The molecule has 1 heterocycles. The van der Waals surface area contributed by atoms with Crippen molar-refractivity contribution in [2.45, 2.75) is 38.8 Å². The van der Waals surface area contributed by atoms with E-state index in [1.54, 1.807) is 14.2 Å². The van der Waals surface area contributed by atoms with Gasteiger partial charge in [0.25, 0.3) is 0 Å². The first-order chi connectivity index (χ1) is 13.5. The third-order valence-electron chi connectivity index (χ3n) is 5.43. The van der Waals surface area contributed by atoms with Crippen LogP contribution in [0.1, 0.15) is 37.4 Å². The Balaban J connectivity index is 0.00000300. The molecule has 0 aromatic heterocycles. The van der Waals surface area contributed by atoms with Crippen LogP contribution in [-0.4, -0.2) is 32.7 Å². The van der Waals surface area contributed by atoms with Gasteiger partial charge < -0.3 is 25.4 Å². The van der Waals surface area contributed by atoms with Gasteiger partial charge in [-0.3, -0.25) is 4.79 Å². The lowest BCUT2D eigenvalue weighted by Gasteiger charge is -2.36. The van der Waals surface area contributed by atoms with Gasteiger partial charge in [-0.25, -0.2) is 0 Å². The topological polar surface area (TPSA) is 76.8 Å². The zero-order valence-corrected chi connectivity index (χ0v) is 18.2. The number of ether oxygens (including phenoxy) is 2. The zero-order valence-electron chi connectivity index (χ0n) is 17.4.